The zero-order valence-electron chi connectivity index (χ0n) is 14.0. The normalized spacial score (nSPS) is 12.7. The van der Waals surface area contributed by atoms with Crippen molar-refractivity contribution in [3.63, 3.8) is 0 Å². The Bertz CT molecular complexity index is 651. The summed E-state index contributed by atoms with van der Waals surface area (Å²) < 4.78 is 0. The highest BCUT2D eigenvalue weighted by molar-refractivity contribution is 5.52. The van der Waals surface area contributed by atoms with Crippen LogP contribution in [0.5, 0.6) is 0 Å². The van der Waals surface area contributed by atoms with E-state index >= 15 is 0 Å². The third kappa shape index (κ3) is 6.18. The van der Waals surface area contributed by atoms with Gasteiger partial charge in [0.25, 0.3) is 0 Å². The third-order valence-corrected chi connectivity index (χ3v) is 2.91. The second-order valence-corrected chi connectivity index (χ2v) is 4.72. The van der Waals surface area contributed by atoms with Gasteiger partial charge in [-0.2, -0.15) is 4.98 Å². The summed E-state index contributed by atoms with van der Waals surface area (Å²) in [5, 5.41) is 3.13. The van der Waals surface area contributed by atoms with Crippen molar-refractivity contribution in [2.24, 2.45) is 0 Å². The number of anilines is 2. The van der Waals surface area contributed by atoms with Crippen LogP contribution in [0.25, 0.3) is 0 Å². The van der Waals surface area contributed by atoms with Crippen molar-refractivity contribution >= 4 is 11.8 Å². The molecule has 0 aliphatic carbocycles. The van der Waals surface area contributed by atoms with Gasteiger partial charge in [-0.1, -0.05) is 43.5 Å². The summed E-state index contributed by atoms with van der Waals surface area (Å²) in [5.74, 6) is 1.33. The van der Waals surface area contributed by atoms with E-state index < -0.39 is 0 Å². The first-order valence-corrected chi connectivity index (χ1v) is 7.37. The van der Waals surface area contributed by atoms with E-state index in [4.69, 9.17) is 0 Å². The van der Waals surface area contributed by atoms with Crippen LogP contribution in [0.4, 0.5) is 11.8 Å². The van der Waals surface area contributed by atoms with Crippen LogP contribution in [-0.2, 0) is 0 Å². The van der Waals surface area contributed by atoms with Gasteiger partial charge < -0.3 is 10.2 Å². The maximum absolute atomic E-state index is 4.53. The van der Waals surface area contributed by atoms with Crippen molar-refractivity contribution in [3.8, 4) is 0 Å². The number of allylic oxidation sites excluding steroid dienone is 9. The zero-order chi connectivity index (χ0) is 17.1. The number of aromatic nitrogens is 2. The maximum Gasteiger partial charge on any atom is 0.228 e. The summed E-state index contributed by atoms with van der Waals surface area (Å²) >= 11 is 0. The molecule has 120 valence electrons. The van der Waals surface area contributed by atoms with Crippen molar-refractivity contribution in [2.45, 2.75) is 13.8 Å². The predicted molar refractivity (Wildman–Crippen MR) is 100 cm³/mol. The molecule has 0 fully saturated rings. The number of likely N-dealkylation sites (N-methyl/N-ethyl adjacent to an activating group) is 1. The lowest BCUT2D eigenvalue weighted by Gasteiger charge is -2.19. The third-order valence-electron chi connectivity index (χ3n) is 2.91. The molecule has 0 amide bonds. The van der Waals surface area contributed by atoms with E-state index in [-0.39, 0.29) is 0 Å². The van der Waals surface area contributed by atoms with Gasteiger partial charge in [0.1, 0.15) is 5.82 Å². The molecule has 0 saturated carbocycles. The maximum atomic E-state index is 4.53. The molecule has 0 unspecified atom stereocenters. The molecule has 1 N–H and O–H groups in total. The number of nitrogens with zero attached hydrogens (tertiary/aromatic N) is 3. The SMILES string of the molecule is C=C/C=C(\C)Nc1nccc(N(C)C(/C=C\C=C/C)=C/C=C)n1. The summed E-state index contributed by atoms with van der Waals surface area (Å²) in [5.41, 5.74) is 1.90. The smallest absolute Gasteiger partial charge is 0.228 e. The van der Waals surface area contributed by atoms with Crippen LogP contribution in [0.3, 0.4) is 0 Å². The van der Waals surface area contributed by atoms with E-state index in [0.29, 0.717) is 5.95 Å². The van der Waals surface area contributed by atoms with Crippen molar-refractivity contribution < 1.29 is 0 Å². The molecule has 0 aliphatic heterocycles. The van der Waals surface area contributed by atoms with E-state index in [1.807, 2.05) is 68.3 Å². The molecule has 23 heavy (non-hydrogen) atoms. The Morgan fingerprint density at radius 1 is 1.22 bits per heavy atom. The van der Waals surface area contributed by atoms with Crippen LogP contribution in [0.15, 0.2) is 85.4 Å². The van der Waals surface area contributed by atoms with Gasteiger partial charge in [-0.05, 0) is 38.1 Å². The van der Waals surface area contributed by atoms with Crippen molar-refractivity contribution in [3.05, 3.63) is 85.4 Å². The van der Waals surface area contributed by atoms with E-state index in [2.05, 4.69) is 28.4 Å². The zero-order valence-corrected chi connectivity index (χ0v) is 14.0. The van der Waals surface area contributed by atoms with Crippen LogP contribution in [0.2, 0.25) is 0 Å². The lowest BCUT2D eigenvalue weighted by Crippen LogP contribution is -2.17. The van der Waals surface area contributed by atoms with Gasteiger partial charge in [-0.3, -0.25) is 0 Å². The van der Waals surface area contributed by atoms with E-state index in [9.17, 15) is 0 Å². The molecule has 0 aliphatic rings. The summed E-state index contributed by atoms with van der Waals surface area (Å²) in [6.07, 6.45) is 16.9. The molecule has 1 rings (SSSR count). The Morgan fingerprint density at radius 2 is 1.96 bits per heavy atom. The van der Waals surface area contributed by atoms with Gasteiger partial charge >= 0.3 is 0 Å². The summed E-state index contributed by atoms with van der Waals surface area (Å²) in [6.45, 7) is 11.4. The Morgan fingerprint density at radius 3 is 2.61 bits per heavy atom. The van der Waals surface area contributed by atoms with Crippen LogP contribution < -0.4 is 10.2 Å². The number of hydrogen-bond donors (Lipinski definition) is 1. The number of rotatable bonds is 8. The fourth-order valence-electron chi connectivity index (χ4n) is 1.79. The van der Waals surface area contributed by atoms with Crippen molar-refractivity contribution in [1.29, 1.82) is 0 Å². The average Bonchev–Trinajstić information content (AvgIpc) is 2.54. The second kappa shape index (κ2) is 9.95. The Labute approximate surface area is 139 Å². The van der Waals surface area contributed by atoms with E-state index in [1.54, 1.807) is 18.3 Å². The molecular weight excluding hydrogens is 284 g/mol. The molecule has 0 atom stereocenters. The van der Waals surface area contributed by atoms with Crippen molar-refractivity contribution in [2.75, 3.05) is 17.3 Å². The standard InChI is InChI=1S/C19H24N4/c1-6-9-10-13-17(12-8-3)23(5)18-14-15-20-19(22-18)21-16(4)11-7-2/h6-15H,2-3H2,1,4-5H3,(H,20,21,22)/b9-6-,13-10-,16-11+,17-12+. The van der Waals surface area contributed by atoms with E-state index in [0.717, 1.165) is 17.2 Å². The molecule has 0 aromatic carbocycles. The van der Waals surface area contributed by atoms with Gasteiger partial charge in [-0.25, -0.2) is 4.98 Å². The molecule has 0 saturated heterocycles. The van der Waals surface area contributed by atoms with Gasteiger partial charge in [-0.15, -0.1) is 0 Å². The van der Waals surface area contributed by atoms with Gasteiger partial charge in [0.05, 0.1) is 0 Å². The molecular formula is C19H24N4. The highest BCUT2D eigenvalue weighted by Gasteiger charge is 2.07. The molecule has 1 heterocycles. The molecule has 1 aromatic rings. The Balaban J connectivity index is 3.03. The highest BCUT2D eigenvalue weighted by Crippen LogP contribution is 2.17. The fourth-order valence-corrected chi connectivity index (χ4v) is 1.79. The minimum Gasteiger partial charge on any atom is -0.329 e. The first-order valence-electron chi connectivity index (χ1n) is 7.37. The molecule has 0 spiro atoms. The van der Waals surface area contributed by atoms with Crippen LogP contribution in [0.1, 0.15) is 13.8 Å². The number of hydrogen-bond acceptors (Lipinski definition) is 4. The largest absolute Gasteiger partial charge is 0.329 e. The summed E-state index contributed by atoms with van der Waals surface area (Å²) in [6, 6.07) is 1.86. The molecule has 4 nitrogen and oxygen atoms in total. The predicted octanol–water partition coefficient (Wildman–Crippen LogP) is 4.62. The molecule has 1 aromatic heterocycles. The first kappa shape index (κ1) is 18.2. The van der Waals surface area contributed by atoms with Crippen molar-refractivity contribution in [1.82, 2.24) is 9.97 Å². The monoisotopic (exact) mass is 308 g/mol. The molecule has 0 radical (unpaired) electrons. The number of nitrogens with one attached hydrogen (secondary N) is 1. The minimum absolute atomic E-state index is 0.542. The molecule has 4 heteroatoms. The first-order chi connectivity index (χ1) is 11.1. The highest BCUT2D eigenvalue weighted by atomic mass is 15.2. The Hall–Kier alpha value is -2.88. The quantitative estimate of drug-likeness (QED) is 0.712. The van der Waals surface area contributed by atoms with Crippen LogP contribution in [-0.4, -0.2) is 17.0 Å². The Kier molecular flexibility index (Phi) is 7.86. The van der Waals surface area contributed by atoms with E-state index in [1.165, 1.54) is 0 Å². The fraction of sp³-hybridized carbons (Fsp3) is 0.158. The molecule has 0 bridgehead atoms. The van der Waals surface area contributed by atoms with Gasteiger partial charge in [0, 0.05) is 24.6 Å². The second-order valence-electron chi connectivity index (χ2n) is 4.72. The summed E-state index contributed by atoms with van der Waals surface area (Å²) in [4.78, 5) is 10.7. The van der Waals surface area contributed by atoms with Crippen LogP contribution in [0, 0.1) is 0 Å². The average molecular weight is 308 g/mol. The minimum atomic E-state index is 0.542. The lowest BCUT2D eigenvalue weighted by atomic mass is 10.3. The van der Waals surface area contributed by atoms with Gasteiger partial charge in [0.2, 0.25) is 5.95 Å². The van der Waals surface area contributed by atoms with Crippen LogP contribution >= 0.6 is 0 Å². The topological polar surface area (TPSA) is 41.1 Å². The summed E-state index contributed by atoms with van der Waals surface area (Å²) in [7, 11) is 1.95. The van der Waals surface area contributed by atoms with Gasteiger partial charge in [0.15, 0.2) is 0 Å². The lowest BCUT2D eigenvalue weighted by molar-refractivity contribution is 1.04.